The van der Waals surface area contributed by atoms with Crippen LogP contribution in [0.5, 0.6) is 11.5 Å². The van der Waals surface area contributed by atoms with Gasteiger partial charge in [-0.3, -0.25) is 0 Å². The normalized spacial score (nSPS) is 11.2. The molecule has 114 valence electrons. The molecule has 2 aromatic rings. The molecule has 0 saturated heterocycles. The minimum atomic E-state index is 0.576. The Hall–Kier alpha value is -2.48. The Labute approximate surface area is 132 Å². The van der Waals surface area contributed by atoms with Crippen LogP contribution in [0.3, 0.4) is 0 Å². The predicted octanol–water partition coefficient (Wildman–Crippen LogP) is 5.26. The van der Waals surface area contributed by atoms with Crippen molar-refractivity contribution in [1.82, 2.24) is 0 Å². The van der Waals surface area contributed by atoms with E-state index in [2.05, 4.69) is 24.3 Å². The lowest BCUT2D eigenvalue weighted by molar-refractivity contribution is 0.340. The fourth-order valence-electron chi connectivity index (χ4n) is 2.04. The van der Waals surface area contributed by atoms with Crippen LogP contribution in [0, 0.1) is 0 Å². The van der Waals surface area contributed by atoms with Crippen LogP contribution in [0.15, 0.2) is 72.8 Å². The summed E-state index contributed by atoms with van der Waals surface area (Å²) in [5.74, 6) is 1.78. The van der Waals surface area contributed by atoms with E-state index in [0.717, 1.165) is 11.5 Å². The van der Waals surface area contributed by atoms with Gasteiger partial charge in [0.1, 0.15) is 18.1 Å². The Morgan fingerprint density at radius 3 is 1.82 bits per heavy atom. The van der Waals surface area contributed by atoms with E-state index in [9.17, 15) is 0 Å². The van der Waals surface area contributed by atoms with E-state index in [-0.39, 0.29) is 0 Å². The third-order valence-corrected chi connectivity index (χ3v) is 3.14. The Balaban J connectivity index is 1.96. The van der Waals surface area contributed by atoms with Gasteiger partial charge in [0.2, 0.25) is 0 Å². The standard InChI is InChI=1S/C20H22O2/c1-3-5-6-7-16-22-20-14-10-18(11-15-20)17-8-12-19(13-9-17)21-4-2/h3,5-15H,4,16H2,1-2H3/b5-3+,7-6+. The van der Waals surface area contributed by atoms with E-state index in [1.807, 2.05) is 62.4 Å². The summed E-state index contributed by atoms with van der Waals surface area (Å²) in [5, 5.41) is 0. The molecule has 0 amide bonds. The van der Waals surface area contributed by atoms with Gasteiger partial charge in [-0.1, -0.05) is 42.5 Å². The number of allylic oxidation sites excluding steroid dienone is 3. The zero-order valence-corrected chi connectivity index (χ0v) is 13.2. The molecule has 0 N–H and O–H groups in total. The van der Waals surface area contributed by atoms with Gasteiger partial charge in [-0.25, -0.2) is 0 Å². The van der Waals surface area contributed by atoms with Crippen molar-refractivity contribution in [3.8, 4) is 22.6 Å². The fraction of sp³-hybridized carbons (Fsp3) is 0.200. The van der Waals surface area contributed by atoms with Gasteiger partial charge in [-0.05, 0) is 55.3 Å². The van der Waals surface area contributed by atoms with Crippen molar-refractivity contribution in [3.63, 3.8) is 0 Å². The van der Waals surface area contributed by atoms with E-state index < -0.39 is 0 Å². The van der Waals surface area contributed by atoms with Gasteiger partial charge in [0.25, 0.3) is 0 Å². The van der Waals surface area contributed by atoms with Gasteiger partial charge in [0.15, 0.2) is 0 Å². The summed E-state index contributed by atoms with van der Waals surface area (Å²) in [6.07, 6.45) is 7.94. The van der Waals surface area contributed by atoms with Crippen LogP contribution >= 0.6 is 0 Å². The van der Waals surface area contributed by atoms with Crippen LogP contribution in [-0.2, 0) is 0 Å². The topological polar surface area (TPSA) is 18.5 Å². The van der Waals surface area contributed by atoms with E-state index in [4.69, 9.17) is 9.47 Å². The number of ether oxygens (including phenoxy) is 2. The smallest absolute Gasteiger partial charge is 0.119 e. The summed E-state index contributed by atoms with van der Waals surface area (Å²) in [6.45, 7) is 5.24. The van der Waals surface area contributed by atoms with Crippen LogP contribution < -0.4 is 9.47 Å². The number of rotatable bonds is 7. The second kappa shape index (κ2) is 8.73. The first-order valence-electron chi connectivity index (χ1n) is 7.57. The van der Waals surface area contributed by atoms with Crippen molar-refractivity contribution in [2.75, 3.05) is 13.2 Å². The van der Waals surface area contributed by atoms with Crippen LogP contribution in [0.25, 0.3) is 11.1 Å². The lowest BCUT2D eigenvalue weighted by Gasteiger charge is -2.07. The van der Waals surface area contributed by atoms with Gasteiger partial charge >= 0.3 is 0 Å². The molecular formula is C20H22O2. The first kappa shape index (κ1) is 15.9. The molecule has 0 aliphatic rings. The predicted molar refractivity (Wildman–Crippen MR) is 92.5 cm³/mol. The zero-order valence-electron chi connectivity index (χ0n) is 13.2. The molecule has 2 nitrogen and oxygen atoms in total. The second-order valence-electron chi connectivity index (χ2n) is 4.75. The van der Waals surface area contributed by atoms with Gasteiger partial charge in [-0.2, -0.15) is 0 Å². The molecule has 0 aliphatic carbocycles. The molecule has 2 rings (SSSR count). The molecular weight excluding hydrogens is 272 g/mol. The lowest BCUT2D eigenvalue weighted by Crippen LogP contribution is -1.93. The van der Waals surface area contributed by atoms with Crippen LogP contribution in [0.1, 0.15) is 13.8 Å². The Kier molecular flexibility index (Phi) is 6.31. The van der Waals surface area contributed by atoms with Crippen molar-refractivity contribution < 1.29 is 9.47 Å². The van der Waals surface area contributed by atoms with E-state index in [1.54, 1.807) is 0 Å². The molecule has 0 atom stereocenters. The molecule has 0 spiro atoms. The summed E-state index contributed by atoms with van der Waals surface area (Å²) in [7, 11) is 0. The molecule has 22 heavy (non-hydrogen) atoms. The Morgan fingerprint density at radius 2 is 1.32 bits per heavy atom. The maximum absolute atomic E-state index is 5.65. The average molecular weight is 294 g/mol. The summed E-state index contributed by atoms with van der Waals surface area (Å²) in [4.78, 5) is 0. The van der Waals surface area contributed by atoms with E-state index >= 15 is 0 Å². The number of hydrogen-bond acceptors (Lipinski definition) is 2. The summed E-state index contributed by atoms with van der Waals surface area (Å²) in [6, 6.07) is 16.3. The highest BCUT2D eigenvalue weighted by atomic mass is 16.5. The molecule has 0 aromatic heterocycles. The largest absolute Gasteiger partial charge is 0.494 e. The maximum atomic E-state index is 5.65. The van der Waals surface area contributed by atoms with Crippen LogP contribution in [0.2, 0.25) is 0 Å². The average Bonchev–Trinajstić information content (AvgIpc) is 2.56. The first-order chi connectivity index (χ1) is 10.8. The Morgan fingerprint density at radius 1 is 0.773 bits per heavy atom. The summed E-state index contributed by atoms with van der Waals surface area (Å²) in [5.41, 5.74) is 2.34. The second-order valence-corrected chi connectivity index (χ2v) is 4.75. The highest BCUT2D eigenvalue weighted by Crippen LogP contribution is 2.24. The van der Waals surface area contributed by atoms with E-state index in [0.29, 0.717) is 13.2 Å². The molecule has 0 unspecified atom stereocenters. The molecule has 0 heterocycles. The van der Waals surface area contributed by atoms with E-state index in [1.165, 1.54) is 11.1 Å². The third-order valence-electron chi connectivity index (χ3n) is 3.14. The summed E-state index contributed by atoms with van der Waals surface area (Å²) < 4.78 is 11.1. The van der Waals surface area contributed by atoms with Crippen molar-refractivity contribution in [3.05, 3.63) is 72.8 Å². The fourth-order valence-corrected chi connectivity index (χ4v) is 2.04. The van der Waals surface area contributed by atoms with Crippen LogP contribution in [0.4, 0.5) is 0 Å². The monoisotopic (exact) mass is 294 g/mol. The minimum absolute atomic E-state index is 0.576. The Bertz CT molecular complexity index is 607. The van der Waals surface area contributed by atoms with Crippen molar-refractivity contribution in [1.29, 1.82) is 0 Å². The highest BCUT2D eigenvalue weighted by Gasteiger charge is 1.99. The molecule has 0 radical (unpaired) electrons. The minimum Gasteiger partial charge on any atom is -0.494 e. The quantitative estimate of drug-likeness (QED) is 0.648. The molecule has 2 heteroatoms. The van der Waals surface area contributed by atoms with Crippen molar-refractivity contribution >= 4 is 0 Å². The molecule has 0 bridgehead atoms. The van der Waals surface area contributed by atoms with Gasteiger partial charge < -0.3 is 9.47 Å². The van der Waals surface area contributed by atoms with Gasteiger partial charge in [0, 0.05) is 0 Å². The highest BCUT2D eigenvalue weighted by molar-refractivity contribution is 5.64. The van der Waals surface area contributed by atoms with Crippen molar-refractivity contribution in [2.45, 2.75) is 13.8 Å². The summed E-state index contributed by atoms with van der Waals surface area (Å²) >= 11 is 0. The van der Waals surface area contributed by atoms with Crippen molar-refractivity contribution in [2.24, 2.45) is 0 Å². The SMILES string of the molecule is C/C=C/C=C/COc1ccc(-c2ccc(OCC)cc2)cc1. The maximum Gasteiger partial charge on any atom is 0.119 e. The molecule has 0 saturated carbocycles. The third kappa shape index (κ3) is 4.81. The van der Waals surface area contributed by atoms with Gasteiger partial charge in [0.05, 0.1) is 6.61 Å². The lowest BCUT2D eigenvalue weighted by atomic mass is 10.1. The number of hydrogen-bond donors (Lipinski definition) is 0. The van der Waals surface area contributed by atoms with Crippen LogP contribution in [-0.4, -0.2) is 13.2 Å². The van der Waals surface area contributed by atoms with Gasteiger partial charge in [-0.15, -0.1) is 0 Å². The zero-order chi connectivity index (χ0) is 15.6. The molecule has 0 aliphatic heterocycles. The molecule has 0 fully saturated rings. The number of benzene rings is 2. The first-order valence-corrected chi connectivity index (χ1v) is 7.57. The molecule has 2 aromatic carbocycles.